The molecule has 0 saturated heterocycles. The maximum absolute atomic E-state index is 6.98. The van der Waals surface area contributed by atoms with Crippen LogP contribution >= 0.6 is 0 Å². The minimum atomic E-state index is -0.231. The molecule has 0 amide bonds. The minimum absolute atomic E-state index is 0. The Hall–Kier alpha value is -6.42. The molecule has 6 heteroatoms. The van der Waals surface area contributed by atoms with Gasteiger partial charge in [0.25, 0.3) is 0 Å². The van der Waals surface area contributed by atoms with Crippen LogP contribution in [0.2, 0.25) is 0 Å². The van der Waals surface area contributed by atoms with E-state index in [4.69, 9.17) is 9.72 Å². The van der Waals surface area contributed by atoms with Crippen molar-refractivity contribution >= 4 is 44.6 Å². The molecule has 0 spiro atoms. The number of ether oxygens (including phenoxy) is 1. The van der Waals surface area contributed by atoms with Crippen molar-refractivity contribution in [2.24, 2.45) is 0 Å². The van der Waals surface area contributed by atoms with Crippen LogP contribution in [0.1, 0.15) is 155 Å². The van der Waals surface area contributed by atoms with Crippen molar-refractivity contribution in [3.63, 3.8) is 0 Å². The van der Waals surface area contributed by atoms with Crippen LogP contribution in [-0.4, -0.2) is 9.55 Å². The number of nitrogens with zero attached hydrogens (tertiary/aromatic N) is 4. The van der Waals surface area contributed by atoms with Gasteiger partial charge in [0.1, 0.15) is 5.82 Å². The summed E-state index contributed by atoms with van der Waals surface area (Å²) in [5.41, 5.74) is 20.9. The molecule has 7 aromatic carbocycles. The second-order valence-corrected chi connectivity index (χ2v) is 26.7. The van der Waals surface area contributed by atoms with Gasteiger partial charge in [0.2, 0.25) is 0 Å². The fourth-order valence-corrected chi connectivity index (χ4v) is 13.6. The predicted molar refractivity (Wildman–Crippen MR) is 316 cm³/mol. The summed E-state index contributed by atoms with van der Waals surface area (Å²) in [7, 11) is 0. The van der Waals surface area contributed by atoms with E-state index >= 15 is 0 Å². The Bertz CT molecular complexity index is 3780. The zero-order valence-corrected chi connectivity index (χ0v) is 49.5. The average molecular weight is 1190 g/mol. The van der Waals surface area contributed by atoms with E-state index in [0.717, 1.165) is 52.4 Å². The fraction of sp³-hybridized carbons (Fsp3) is 0.324. The maximum Gasteiger partial charge on any atom is 0.135 e. The first-order valence-electron chi connectivity index (χ1n) is 27.7. The van der Waals surface area contributed by atoms with Gasteiger partial charge in [-0.15, -0.1) is 48.3 Å². The summed E-state index contributed by atoms with van der Waals surface area (Å²) < 4.78 is 9.26. The summed E-state index contributed by atoms with van der Waals surface area (Å²) in [6.45, 7) is 33.1. The van der Waals surface area contributed by atoms with E-state index in [-0.39, 0.29) is 53.6 Å². The van der Waals surface area contributed by atoms with Crippen molar-refractivity contribution in [1.82, 2.24) is 9.55 Å². The van der Waals surface area contributed by atoms with E-state index < -0.39 is 0 Å². The second-order valence-electron chi connectivity index (χ2n) is 26.7. The number of aromatic nitrogens is 2. The molecule has 0 unspecified atom stereocenters. The van der Waals surface area contributed by atoms with Crippen molar-refractivity contribution < 1.29 is 25.8 Å². The van der Waals surface area contributed by atoms with E-state index in [1.165, 1.54) is 84.8 Å². The normalized spacial score (nSPS) is 18.0. The molecule has 2 aromatic heterocycles. The molecular weight excluding hydrogens is 1120 g/mol. The standard InChI is InChI=1S/C71H71N4O.Pt/c1-66(2,3)46-31-36-72-62(39-46)75-60-26-18-23-54-63(60)64-57(71(54,12)13)41-49(42-61(64)75)76-48-20-16-19-47(40-48)73-43-74(59-25-15-14-24-58(59)73)65-50(44-27-29-52-55(37-44)69(8,9)34-32-67(52,4)5)21-17-22-51(65)45-28-30-53-56(38-45)70(10,11)35-33-68(53,6)7;/h14-31,36-39,41,43H,32-35H2,1-13H3;/q-3;. The van der Waals surface area contributed by atoms with E-state index in [1.54, 1.807) is 0 Å². The van der Waals surface area contributed by atoms with Gasteiger partial charge >= 0.3 is 0 Å². The van der Waals surface area contributed by atoms with E-state index in [9.17, 15) is 0 Å². The Labute approximate surface area is 472 Å². The molecule has 0 radical (unpaired) electrons. The van der Waals surface area contributed by atoms with Crippen molar-refractivity contribution in [3.05, 3.63) is 197 Å². The molecule has 3 heterocycles. The number of para-hydroxylation sites is 3. The number of pyridine rings is 1. The van der Waals surface area contributed by atoms with Crippen LogP contribution in [0.25, 0.3) is 49.9 Å². The SMILES string of the molecule is CC(C)(C)c1ccnc(-n2c3[c-]c(Oc4[c-]c(N5[CH-]N(c6c(-c7ccc8c(c7)C(C)(C)CCC8(C)C)cccc6-c6ccc7c(c6)C(C)(C)CCC7(C)C)c6ccccc65)ccc4)cc4c3c3c(cccc32)C4(C)C)c1.[Pt]. The first-order valence-corrected chi connectivity index (χ1v) is 27.7. The summed E-state index contributed by atoms with van der Waals surface area (Å²) in [6.07, 6.45) is 6.62. The van der Waals surface area contributed by atoms with Gasteiger partial charge in [-0.3, -0.25) is 0 Å². The van der Waals surface area contributed by atoms with Crippen LogP contribution in [0.4, 0.5) is 22.7 Å². The molecule has 4 aliphatic rings. The van der Waals surface area contributed by atoms with Crippen molar-refractivity contribution in [3.8, 4) is 39.6 Å². The maximum atomic E-state index is 6.98. The summed E-state index contributed by atoms with van der Waals surface area (Å²) in [4.78, 5) is 9.70. The van der Waals surface area contributed by atoms with Gasteiger partial charge in [0.15, 0.2) is 0 Å². The fourth-order valence-electron chi connectivity index (χ4n) is 13.6. The number of hydrogen-bond donors (Lipinski definition) is 0. The molecule has 9 aromatic rings. The molecule has 0 bridgehead atoms. The Kier molecular flexibility index (Phi) is 11.7. The number of benzene rings is 7. The van der Waals surface area contributed by atoms with Crippen LogP contribution in [0.15, 0.2) is 140 Å². The molecular formula is C71H71N4OPt-3. The number of rotatable bonds is 7. The molecule has 5 nitrogen and oxygen atoms in total. The number of anilines is 4. The molecule has 13 rings (SSSR count). The number of hydrogen-bond acceptors (Lipinski definition) is 4. The van der Waals surface area contributed by atoms with Crippen LogP contribution in [0.3, 0.4) is 0 Å². The Morgan fingerprint density at radius 2 is 1.09 bits per heavy atom. The Balaban J connectivity index is 0.00000596. The van der Waals surface area contributed by atoms with Crippen LogP contribution < -0.4 is 14.5 Å². The van der Waals surface area contributed by atoms with Gasteiger partial charge in [-0.1, -0.05) is 180 Å². The summed E-state index contributed by atoms with van der Waals surface area (Å²) in [6, 6.07) is 57.4. The average Bonchev–Trinajstić information content (AvgIpc) is 4.20. The van der Waals surface area contributed by atoms with Crippen molar-refractivity contribution in [1.29, 1.82) is 0 Å². The molecule has 0 atom stereocenters. The largest absolute Gasteiger partial charge is 0.509 e. The zero-order valence-electron chi connectivity index (χ0n) is 47.2. The Morgan fingerprint density at radius 1 is 0.519 bits per heavy atom. The van der Waals surface area contributed by atoms with Gasteiger partial charge in [0, 0.05) is 72.5 Å². The molecule has 0 N–H and O–H groups in total. The van der Waals surface area contributed by atoms with Crippen LogP contribution in [0, 0.1) is 18.8 Å². The van der Waals surface area contributed by atoms with E-state index in [2.05, 4.69) is 251 Å². The van der Waals surface area contributed by atoms with Gasteiger partial charge in [-0.2, -0.15) is 6.07 Å². The number of fused-ring (bicyclic) bond motifs is 3. The first-order chi connectivity index (χ1) is 36.0. The van der Waals surface area contributed by atoms with Crippen LogP contribution in [-0.2, 0) is 53.6 Å². The first kappa shape index (κ1) is 51.3. The molecule has 3 aliphatic carbocycles. The molecule has 1 aliphatic heterocycles. The summed E-state index contributed by atoms with van der Waals surface area (Å²) in [5.74, 6) is 2.15. The predicted octanol–water partition coefficient (Wildman–Crippen LogP) is 18.9. The second kappa shape index (κ2) is 17.5. The molecule has 0 saturated carbocycles. The monoisotopic (exact) mass is 1190 g/mol. The Morgan fingerprint density at radius 3 is 1.70 bits per heavy atom. The topological polar surface area (TPSA) is 33.5 Å². The third-order valence-electron chi connectivity index (χ3n) is 18.4. The van der Waals surface area contributed by atoms with E-state index in [0.29, 0.717) is 11.5 Å². The zero-order chi connectivity index (χ0) is 53.1. The van der Waals surface area contributed by atoms with Crippen molar-refractivity contribution in [2.75, 3.05) is 9.80 Å². The smallest absolute Gasteiger partial charge is 0.135 e. The molecule has 394 valence electrons. The third-order valence-corrected chi connectivity index (χ3v) is 18.4. The minimum Gasteiger partial charge on any atom is -0.509 e. The summed E-state index contributed by atoms with van der Waals surface area (Å²) >= 11 is 0. The van der Waals surface area contributed by atoms with Gasteiger partial charge in [0.05, 0.1) is 0 Å². The van der Waals surface area contributed by atoms with Crippen LogP contribution in [0.5, 0.6) is 11.5 Å². The van der Waals surface area contributed by atoms with E-state index in [1.807, 2.05) is 12.3 Å². The summed E-state index contributed by atoms with van der Waals surface area (Å²) in [5, 5.41) is 2.49. The quantitative estimate of drug-likeness (QED) is 0.149. The molecule has 77 heavy (non-hydrogen) atoms. The van der Waals surface area contributed by atoms with Gasteiger partial charge < -0.3 is 19.1 Å². The van der Waals surface area contributed by atoms with Crippen molar-refractivity contribution in [2.45, 2.75) is 148 Å². The van der Waals surface area contributed by atoms with Gasteiger partial charge in [-0.25, -0.2) is 4.98 Å². The van der Waals surface area contributed by atoms with Gasteiger partial charge in [-0.05, 0) is 138 Å². The third kappa shape index (κ3) is 8.06. The molecule has 0 fully saturated rings.